The van der Waals surface area contributed by atoms with Gasteiger partial charge in [0.05, 0.1) is 5.70 Å². The molecule has 0 amide bonds. The molecule has 13 heteroatoms. The van der Waals surface area contributed by atoms with Gasteiger partial charge in [0.25, 0.3) is 0 Å². The average molecular weight is 453 g/mol. The maximum absolute atomic E-state index is 13.6. The zero-order valence-corrected chi connectivity index (χ0v) is 16.0. The zero-order chi connectivity index (χ0) is 22.6. The first-order valence-corrected chi connectivity index (χ1v) is 9.70. The topological polar surface area (TPSA) is 96.4 Å². The van der Waals surface area contributed by atoms with Crippen LogP contribution in [0.3, 0.4) is 0 Å². The van der Waals surface area contributed by atoms with Gasteiger partial charge in [0.2, 0.25) is 0 Å². The number of piperidine rings is 1. The number of H-pyrrole nitrogens is 1. The quantitative estimate of drug-likeness (QED) is 0.441. The Morgan fingerprint density at radius 2 is 1.71 bits per heavy atom. The molecule has 4 atom stereocenters. The Bertz CT molecular complexity index is 872. The van der Waals surface area contributed by atoms with Crippen molar-refractivity contribution in [3.05, 3.63) is 35.3 Å². The van der Waals surface area contributed by atoms with E-state index in [1.165, 1.54) is 12.3 Å². The largest absolute Gasteiger partial charge is 0.412 e. The molecule has 3 aliphatic rings. The number of rotatable bonds is 2. The van der Waals surface area contributed by atoms with Crippen molar-refractivity contribution in [1.29, 1.82) is 0 Å². The highest BCUT2D eigenvalue weighted by atomic mass is 19.4. The number of nitrogens with one attached hydrogen (secondary N) is 3. The van der Waals surface area contributed by atoms with Crippen LogP contribution >= 0.6 is 0 Å². The Labute approximate surface area is 172 Å². The summed E-state index contributed by atoms with van der Waals surface area (Å²) in [6.07, 6.45) is -8.48. The predicted octanol–water partition coefficient (Wildman–Crippen LogP) is 2.27. The Balaban J connectivity index is 1.48. The molecule has 0 saturated carbocycles. The summed E-state index contributed by atoms with van der Waals surface area (Å²) in [5.41, 5.74) is 0.619. The highest BCUT2D eigenvalue weighted by molar-refractivity contribution is 5.54. The standard InChI is InChI=1S/C18H21F6N5O2/c19-17(20,21)10-2-1-9(7-25-10)29-5-3-8(4-6-29)13-11-12(18(22,23)24)14(30)16(31)26-15(11)28-27-13/h1-2,7-8,10,12,14,16,25,30-31H,3-6H2,(H2,26,27,28)/t10?,12-,14?,16?/m1/s1. The number of hydrogen-bond donors (Lipinski definition) is 5. The molecule has 31 heavy (non-hydrogen) atoms. The van der Waals surface area contributed by atoms with Crippen molar-refractivity contribution in [2.45, 2.75) is 55.4 Å². The van der Waals surface area contributed by atoms with E-state index in [-0.39, 0.29) is 23.0 Å². The van der Waals surface area contributed by atoms with Crippen LogP contribution < -0.4 is 10.6 Å². The fraction of sp³-hybridized carbons (Fsp3) is 0.611. The number of aromatic nitrogens is 2. The first kappa shape index (κ1) is 21.8. The monoisotopic (exact) mass is 453 g/mol. The summed E-state index contributed by atoms with van der Waals surface area (Å²) in [4.78, 5) is 1.85. The number of aliphatic hydroxyl groups excluding tert-OH is 2. The smallest absolute Gasteiger partial charge is 0.387 e. The number of aromatic amines is 1. The van der Waals surface area contributed by atoms with Gasteiger partial charge >= 0.3 is 12.4 Å². The van der Waals surface area contributed by atoms with E-state index in [0.717, 1.165) is 6.08 Å². The van der Waals surface area contributed by atoms with E-state index in [1.54, 1.807) is 0 Å². The Kier molecular flexibility index (Phi) is 5.36. The van der Waals surface area contributed by atoms with Crippen molar-refractivity contribution in [2.24, 2.45) is 0 Å². The van der Waals surface area contributed by atoms with Gasteiger partial charge in [-0.05, 0) is 18.9 Å². The molecule has 5 N–H and O–H groups in total. The van der Waals surface area contributed by atoms with Gasteiger partial charge in [0, 0.05) is 36.5 Å². The van der Waals surface area contributed by atoms with Crippen LogP contribution in [0.2, 0.25) is 0 Å². The molecule has 1 saturated heterocycles. The Hall–Kier alpha value is -2.41. The average Bonchev–Trinajstić information content (AvgIpc) is 3.10. The van der Waals surface area contributed by atoms with Gasteiger partial charge in [0.1, 0.15) is 18.1 Å². The summed E-state index contributed by atoms with van der Waals surface area (Å²) in [6, 6.07) is -1.75. The molecule has 4 rings (SSSR count). The van der Waals surface area contributed by atoms with E-state index >= 15 is 0 Å². The number of dihydropyridines is 1. The first-order chi connectivity index (χ1) is 14.5. The van der Waals surface area contributed by atoms with E-state index in [2.05, 4.69) is 20.8 Å². The molecular formula is C18H21F6N5O2. The minimum absolute atomic E-state index is 0.141. The number of fused-ring (bicyclic) bond motifs is 1. The number of anilines is 1. The summed E-state index contributed by atoms with van der Waals surface area (Å²) in [7, 11) is 0. The fourth-order valence-corrected chi connectivity index (χ4v) is 4.34. The number of aliphatic hydroxyl groups is 2. The molecule has 4 heterocycles. The van der Waals surface area contributed by atoms with Gasteiger partial charge in [0.15, 0.2) is 12.0 Å². The molecule has 7 nitrogen and oxygen atoms in total. The maximum atomic E-state index is 13.6. The number of nitrogens with zero attached hydrogens (tertiary/aromatic N) is 2. The van der Waals surface area contributed by atoms with E-state index in [9.17, 15) is 36.6 Å². The van der Waals surface area contributed by atoms with Crippen LogP contribution in [-0.4, -0.2) is 69.1 Å². The molecule has 0 aromatic carbocycles. The number of hydrogen-bond acceptors (Lipinski definition) is 6. The summed E-state index contributed by atoms with van der Waals surface area (Å²) in [5, 5.41) is 30.9. The van der Waals surface area contributed by atoms with Crippen LogP contribution in [0.1, 0.15) is 35.9 Å². The van der Waals surface area contributed by atoms with Gasteiger partial charge in [-0.15, -0.1) is 0 Å². The Morgan fingerprint density at radius 1 is 1.03 bits per heavy atom. The lowest BCUT2D eigenvalue weighted by molar-refractivity contribution is -0.184. The molecule has 1 aromatic heterocycles. The molecule has 3 aliphatic heterocycles. The van der Waals surface area contributed by atoms with Crippen molar-refractivity contribution < 1.29 is 36.6 Å². The highest BCUT2D eigenvalue weighted by Crippen LogP contribution is 2.47. The summed E-state index contributed by atoms with van der Waals surface area (Å²) in [6.45, 7) is 0.838. The molecule has 1 fully saturated rings. The molecule has 172 valence electrons. The van der Waals surface area contributed by atoms with E-state index in [1.807, 2.05) is 4.90 Å². The van der Waals surface area contributed by atoms with E-state index in [0.29, 0.717) is 31.6 Å². The zero-order valence-electron chi connectivity index (χ0n) is 16.0. The van der Waals surface area contributed by atoms with Gasteiger partial charge in [-0.1, -0.05) is 6.08 Å². The molecule has 0 spiro atoms. The Morgan fingerprint density at radius 3 is 2.26 bits per heavy atom. The second-order valence-electron chi connectivity index (χ2n) is 7.87. The summed E-state index contributed by atoms with van der Waals surface area (Å²) in [5.74, 6) is -2.73. The van der Waals surface area contributed by atoms with Crippen LogP contribution in [-0.2, 0) is 0 Å². The minimum Gasteiger partial charge on any atom is -0.387 e. The normalized spacial score (nSPS) is 29.8. The molecule has 1 aromatic rings. The van der Waals surface area contributed by atoms with Gasteiger partial charge in [-0.3, -0.25) is 5.10 Å². The fourth-order valence-electron chi connectivity index (χ4n) is 4.34. The molecular weight excluding hydrogens is 432 g/mol. The van der Waals surface area contributed by atoms with Gasteiger partial charge in [-0.2, -0.15) is 31.4 Å². The van der Waals surface area contributed by atoms with Crippen LogP contribution in [0.5, 0.6) is 0 Å². The summed E-state index contributed by atoms with van der Waals surface area (Å²) >= 11 is 0. The van der Waals surface area contributed by atoms with Crippen LogP contribution in [0.25, 0.3) is 0 Å². The van der Waals surface area contributed by atoms with Crippen molar-refractivity contribution in [2.75, 3.05) is 18.4 Å². The molecule has 0 bridgehead atoms. The minimum atomic E-state index is -4.78. The van der Waals surface area contributed by atoms with Crippen LogP contribution in [0.4, 0.5) is 32.2 Å². The second-order valence-corrected chi connectivity index (χ2v) is 7.87. The number of alkyl halides is 6. The van der Waals surface area contributed by atoms with Crippen molar-refractivity contribution in [1.82, 2.24) is 20.4 Å². The van der Waals surface area contributed by atoms with Crippen LogP contribution in [0, 0.1) is 0 Å². The second kappa shape index (κ2) is 7.62. The predicted molar refractivity (Wildman–Crippen MR) is 96.8 cm³/mol. The lowest BCUT2D eigenvalue weighted by atomic mass is 9.82. The lowest BCUT2D eigenvalue weighted by Gasteiger charge is -2.37. The van der Waals surface area contributed by atoms with Gasteiger partial charge in [-0.25, -0.2) is 0 Å². The number of halogens is 6. The van der Waals surface area contributed by atoms with E-state index in [4.69, 9.17) is 0 Å². The third kappa shape index (κ3) is 4.07. The SMILES string of the molecule is OC1Nc2n[nH]c(C3CCN(C4=CNC(C(F)(F)F)C=C4)CC3)c2[C@@H](C(F)(F)F)C1O. The maximum Gasteiger partial charge on any atom is 0.412 e. The van der Waals surface area contributed by atoms with Crippen molar-refractivity contribution in [3.8, 4) is 0 Å². The summed E-state index contributed by atoms with van der Waals surface area (Å²) < 4.78 is 79.1. The van der Waals surface area contributed by atoms with Crippen LogP contribution in [0.15, 0.2) is 24.0 Å². The van der Waals surface area contributed by atoms with E-state index < -0.39 is 36.6 Å². The third-order valence-electron chi connectivity index (χ3n) is 5.94. The molecule has 0 radical (unpaired) electrons. The van der Waals surface area contributed by atoms with Crippen molar-refractivity contribution in [3.63, 3.8) is 0 Å². The first-order valence-electron chi connectivity index (χ1n) is 9.70. The molecule has 0 aliphatic carbocycles. The number of likely N-dealkylation sites (tertiary alicyclic amines) is 1. The van der Waals surface area contributed by atoms with Crippen molar-refractivity contribution >= 4 is 5.82 Å². The lowest BCUT2D eigenvalue weighted by Crippen LogP contribution is -2.47. The van der Waals surface area contributed by atoms with Gasteiger partial charge < -0.3 is 25.7 Å². The third-order valence-corrected chi connectivity index (χ3v) is 5.94. The number of allylic oxidation sites excluding steroid dienone is 1. The molecule has 3 unspecified atom stereocenters. The highest BCUT2D eigenvalue weighted by Gasteiger charge is 2.53.